The molecule has 0 radical (unpaired) electrons. The zero-order valence-electron chi connectivity index (χ0n) is 28.1. The number of unbranched alkanes of at least 4 members (excludes halogenated alkanes) is 9. The maximum atomic E-state index is 12.8. The first-order valence-electron chi connectivity index (χ1n) is 16.8. The Hall–Kier alpha value is -2.24. The lowest BCUT2D eigenvalue weighted by Crippen LogP contribution is -2.25. The van der Waals surface area contributed by atoms with E-state index in [-0.39, 0.29) is 29.5 Å². The lowest BCUT2D eigenvalue weighted by atomic mass is 9.75. The molecule has 6 nitrogen and oxygen atoms in total. The molecule has 0 spiro atoms. The highest BCUT2D eigenvalue weighted by Crippen LogP contribution is 2.43. The van der Waals surface area contributed by atoms with Crippen LogP contribution in [0.4, 0.5) is 0 Å². The monoisotopic (exact) mass is 590 g/mol. The Morgan fingerprint density at radius 3 is 1.81 bits per heavy atom. The van der Waals surface area contributed by atoms with Gasteiger partial charge in [0.15, 0.2) is 0 Å². The topological polar surface area (TPSA) is 82.1 Å². The molecule has 0 atom stereocenters. The van der Waals surface area contributed by atoms with Crippen molar-refractivity contribution in [3.63, 3.8) is 0 Å². The predicted molar refractivity (Wildman–Crippen MR) is 172 cm³/mol. The molecule has 0 fully saturated rings. The molecule has 0 heterocycles. The molecule has 0 amide bonds. The number of carbonyl (C=O) groups excluding carboxylic acids is 2. The average Bonchev–Trinajstić information content (AvgIpc) is 2.92. The van der Waals surface area contributed by atoms with E-state index in [2.05, 4.69) is 34.6 Å². The van der Waals surface area contributed by atoms with E-state index in [9.17, 15) is 14.7 Å². The summed E-state index contributed by atoms with van der Waals surface area (Å²) in [6.07, 6.45) is 15.1. The summed E-state index contributed by atoms with van der Waals surface area (Å²) in [7, 11) is 0. The van der Waals surface area contributed by atoms with E-state index >= 15 is 0 Å². The highest BCUT2D eigenvalue weighted by atomic mass is 16.5. The summed E-state index contributed by atoms with van der Waals surface area (Å²) in [5.41, 5.74) is 0.624. The third-order valence-electron chi connectivity index (χ3n) is 8.10. The van der Waals surface area contributed by atoms with Crippen LogP contribution in [0.5, 0.6) is 11.5 Å². The molecule has 6 heteroatoms. The van der Waals surface area contributed by atoms with Gasteiger partial charge in [-0.05, 0) is 49.7 Å². The van der Waals surface area contributed by atoms with E-state index in [1.54, 1.807) is 6.07 Å². The van der Waals surface area contributed by atoms with Crippen LogP contribution in [0.25, 0.3) is 0 Å². The molecule has 0 aliphatic rings. The Kier molecular flexibility index (Phi) is 18.6. The van der Waals surface area contributed by atoms with Gasteiger partial charge in [0, 0.05) is 23.0 Å². The molecule has 0 aliphatic carbocycles. The quantitative estimate of drug-likeness (QED) is 0.0953. The number of esters is 2. The average molecular weight is 591 g/mol. The third kappa shape index (κ3) is 14.8. The predicted octanol–water partition coefficient (Wildman–Crippen LogP) is 9.71. The number of aromatic hydroxyl groups is 1. The molecule has 42 heavy (non-hydrogen) atoms. The molecule has 1 rings (SSSR count). The Labute approximate surface area is 257 Å². The Morgan fingerprint density at radius 1 is 0.643 bits per heavy atom. The van der Waals surface area contributed by atoms with Crippen LogP contribution in [-0.2, 0) is 29.9 Å². The van der Waals surface area contributed by atoms with Crippen LogP contribution in [0.1, 0.15) is 162 Å². The molecule has 0 saturated carbocycles. The maximum absolute atomic E-state index is 12.8. The van der Waals surface area contributed by atoms with Gasteiger partial charge < -0.3 is 19.3 Å². The second-order valence-corrected chi connectivity index (χ2v) is 13.1. The highest BCUT2D eigenvalue weighted by molar-refractivity contribution is 5.72. The first kappa shape index (κ1) is 37.8. The minimum atomic E-state index is -0.583. The fourth-order valence-corrected chi connectivity index (χ4v) is 5.26. The van der Waals surface area contributed by atoms with Crippen molar-refractivity contribution >= 4 is 11.9 Å². The minimum Gasteiger partial charge on any atom is -0.508 e. The zero-order valence-corrected chi connectivity index (χ0v) is 28.1. The standard InChI is InChI=1S/C36H62O6/c1-8-11-14-16-17-19-25-42-34(39)28-36(6,7)30-26-31(37)29(27-32(30)40-23-13-10-3)35(4,5)22-20-21-33(38)41-24-18-15-12-9-2/h26-27,37H,8-25,28H2,1-7H3. The van der Waals surface area contributed by atoms with Crippen LogP contribution in [0.15, 0.2) is 12.1 Å². The lowest BCUT2D eigenvalue weighted by molar-refractivity contribution is -0.145. The van der Waals surface area contributed by atoms with Crippen molar-refractivity contribution in [1.29, 1.82) is 0 Å². The van der Waals surface area contributed by atoms with Crippen molar-refractivity contribution in [2.24, 2.45) is 0 Å². The van der Waals surface area contributed by atoms with Gasteiger partial charge in [-0.2, -0.15) is 0 Å². The van der Waals surface area contributed by atoms with Gasteiger partial charge in [-0.3, -0.25) is 9.59 Å². The van der Waals surface area contributed by atoms with Gasteiger partial charge in [-0.1, -0.05) is 106 Å². The Bertz CT molecular complexity index is 904. The number of ether oxygens (including phenoxy) is 3. The third-order valence-corrected chi connectivity index (χ3v) is 8.10. The van der Waals surface area contributed by atoms with Crippen molar-refractivity contribution in [2.45, 2.75) is 162 Å². The lowest BCUT2D eigenvalue weighted by Gasteiger charge is -2.31. The van der Waals surface area contributed by atoms with Gasteiger partial charge in [-0.15, -0.1) is 0 Å². The van der Waals surface area contributed by atoms with Crippen LogP contribution in [0.2, 0.25) is 0 Å². The van der Waals surface area contributed by atoms with Crippen LogP contribution < -0.4 is 4.74 Å². The van der Waals surface area contributed by atoms with E-state index in [0.717, 1.165) is 56.1 Å². The molecule has 0 bridgehead atoms. The van der Waals surface area contributed by atoms with Gasteiger partial charge in [0.05, 0.1) is 26.2 Å². The highest BCUT2D eigenvalue weighted by Gasteiger charge is 2.32. The summed E-state index contributed by atoms with van der Waals surface area (Å²) < 4.78 is 17.2. The van der Waals surface area contributed by atoms with E-state index < -0.39 is 5.41 Å². The smallest absolute Gasteiger partial charge is 0.306 e. The van der Waals surface area contributed by atoms with Crippen molar-refractivity contribution < 1.29 is 28.9 Å². The fourth-order valence-electron chi connectivity index (χ4n) is 5.26. The van der Waals surface area contributed by atoms with Crippen molar-refractivity contribution in [3.8, 4) is 11.5 Å². The molecule has 0 unspecified atom stereocenters. The summed E-state index contributed by atoms with van der Waals surface area (Å²) in [6, 6.07) is 3.71. The summed E-state index contributed by atoms with van der Waals surface area (Å²) >= 11 is 0. The van der Waals surface area contributed by atoms with Crippen molar-refractivity contribution in [2.75, 3.05) is 19.8 Å². The van der Waals surface area contributed by atoms with Crippen molar-refractivity contribution in [1.82, 2.24) is 0 Å². The second kappa shape index (κ2) is 20.6. The normalized spacial score (nSPS) is 11.9. The van der Waals surface area contributed by atoms with Gasteiger partial charge in [0.2, 0.25) is 0 Å². The second-order valence-electron chi connectivity index (χ2n) is 13.1. The van der Waals surface area contributed by atoms with Gasteiger partial charge in [0.1, 0.15) is 11.5 Å². The Balaban J connectivity index is 2.89. The molecular weight excluding hydrogens is 528 g/mol. The fraction of sp³-hybridized carbons (Fsp3) is 0.778. The SMILES string of the molecule is CCCCCCCCOC(=O)CC(C)(C)c1cc(O)c(C(C)(C)CCCC(=O)OCCCCCC)cc1OCCCC. The maximum Gasteiger partial charge on any atom is 0.306 e. The molecule has 0 aliphatic heterocycles. The summed E-state index contributed by atoms with van der Waals surface area (Å²) in [6.45, 7) is 16.2. The van der Waals surface area contributed by atoms with Crippen LogP contribution in [0.3, 0.4) is 0 Å². The van der Waals surface area contributed by atoms with Gasteiger partial charge in [-0.25, -0.2) is 0 Å². The number of rotatable bonds is 24. The van der Waals surface area contributed by atoms with E-state index in [4.69, 9.17) is 14.2 Å². The molecule has 0 aromatic heterocycles. The van der Waals surface area contributed by atoms with Crippen LogP contribution in [0, 0.1) is 0 Å². The number of hydrogen-bond acceptors (Lipinski definition) is 6. The number of carbonyl (C=O) groups is 2. The first-order valence-corrected chi connectivity index (χ1v) is 16.8. The summed E-state index contributed by atoms with van der Waals surface area (Å²) in [4.78, 5) is 25.0. The van der Waals surface area contributed by atoms with Crippen LogP contribution in [-0.4, -0.2) is 36.9 Å². The summed E-state index contributed by atoms with van der Waals surface area (Å²) in [5.74, 6) is 0.499. The van der Waals surface area contributed by atoms with Gasteiger partial charge in [0.25, 0.3) is 0 Å². The molecule has 1 aromatic carbocycles. The van der Waals surface area contributed by atoms with E-state index in [1.807, 2.05) is 19.9 Å². The van der Waals surface area contributed by atoms with E-state index in [0.29, 0.717) is 44.8 Å². The first-order chi connectivity index (χ1) is 20.0. The van der Waals surface area contributed by atoms with E-state index in [1.165, 1.54) is 32.1 Å². The van der Waals surface area contributed by atoms with Gasteiger partial charge >= 0.3 is 11.9 Å². The minimum absolute atomic E-state index is 0.157. The molecule has 1 N–H and O–H groups in total. The number of hydrogen-bond donors (Lipinski definition) is 1. The Morgan fingerprint density at radius 2 is 1.19 bits per heavy atom. The molecule has 242 valence electrons. The molecule has 0 saturated heterocycles. The molecular formula is C36H62O6. The molecule has 1 aromatic rings. The number of benzene rings is 1. The summed E-state index contributed by atoms with van der Waals surface area (Å²) in [5, 5.41) is 11.2. The largest absolute Gasteiger partial charge is 0.508 e. The van der Waals surface area contributed by atoms with Crippen molar-refractivity contribution in [3.05, 3.63) is 23.3 Å². The number of phenolic OH excluding ortho intramolecular Hbond substituents is 1. The van der Waals surface area contributed by atoms with Crippen LogP contribution >= 0.6 is 0 Å². The number of phenols is 1. The zero-order chi connectivity index (χ0) is 31.4.